The molecule has 0 radical (unpaired) electrons. The third kappa shape index (κ3) is 6.36. The van der Waals surface area contributed by atoms with Crippen molar-refractivity contribution in [3.63, 3.8) is 0 Å². The van der Waals surface area contributed by atoms with Gasteiger partial charge in [-0.2, -0.15) is 0 Å². The zero-order valence-electron chi connectivity index (χ0n) is 21.5. The molecular formula is C30H42BrNO3. The van der Waals surface area contributed by atoms with Crippen molar-refractivity contribution in [2.45, 2.75) is 89.4 Å². The molecule has 3 unspecified atom stereocenters. The number of nitrogens with zero attached hydrogens (tertiary/aromatic N) is 1. The van der Waals surface area contributed by atoms with E-state index in [-0.39, 0.29) is 35.7 Å². The Labute approximate surface area is 222 Å². The van der Waals surface area contributed by atoms with Gasteiger partial charge in [-0.3, -0.25) is 4.79 Å². The van der Waals surface area contributed by atoms with Crippen LogP contribution >= 0.6 is 0 Å². The van der Waals surface area contributed by atoms with Crippen molar-refractivity contribution in [3.8, 4) is 0 Å². The molecule has 4 nitrogen and oxygen atoms in total. The monoisotopic (exact) mass is 543 g/mol. The van der Waals surface area contributed by atoms with Crippen LogP contribution in [0.4, 0.5) is 0 Å². The summed E-state index contributed by atoms with van der Waals surface area (Å²) < 4.78 is 7.05. The lowest BCUT2D eigenvalue weighted by Gasteiger charge is -2.47. The van der Waals surface area contributed by atoms with Crippen molar-refractivity contribution in [3.05, 3.63) is 71.3 Å². The van der Waals surface area contributed by atoms with E-state index in [0.29, 0.717) is 12.1 Å². The molecule has 5 heteroatoms. The number of piperidine rings is 1. The molecule has 2 bridgehead atoms. The van der Waals surface area contributed by atoms with Gasteiger partial charge in [-0.1, -0.05) is 81.3 Å². The fraction of sp³-hybridized carbons (Fsp3) is 0.567. The summed E-state index contributed by atoms with van der Waals surface area (Å²) in [7, 11) is 2.40. The largest absolute Gasteiger partial charge is 1.00 e. The molecule has 2 aliphatic rings. The summed E-state index contributed by atoms with van der Waals surface area (Å²) in [5, 5.41) is 9.83. The summed E-state index contributed by atoms with van der Waals surface area (Å²) in [4.78, 5) is 12.9. The Kier molecular flexibility index (Phi) is 9.97. The van der Waals surface area contributed by atoms with Crippen LogP contribution in [0.3, 0.4) is 0 Å². The van der Waals surface area contributed by atoms with E-state index in [1.165, 1.54) is 43.2 Å². The minimum Gasteiger partial charge on any atom is -1.00 e. The highest BCUT2D eigenvalue weighted by Gasteiger charge is 2.52. The Morgan fingerprint density at radius 3 is 2.09 bits per heavy atom. The van der Waals surface area contributed by atoms with Gasteiger partial charge in [-0.25, -0.2) is 0 Å². The van der Waals surface area contributed by atoms with Crippen LogP contribution in [0.2, 0.25) is 0 Å². The molecule has 2 aromatic carbocycles. The normalized spacial score (nSPS) is 26.3. The highest BCUT2D eigenvalue weighted by atomic mass is 79.9. The third-order valence-corrected chi connectivity index (χ3v) is 8.75. The lowest BCUT2D eigenvalue weighted by molar-refractivity contribution is -0.961. The van der Waals surface area contributed by atoms with Gasteiger partial charge in [0.05, 0.1) is 25.7 Å². The molecule has 2 fully saturated rings. The molecule has 2 aliphatic heterocycles. The number of carbonyl (C=O) groups is 1. The zero-order valence-corrected chi connectivity index (χ0v) is 23.1. The van der Waals surface area contributed by atoms with E-state index in [4.69, 9.17) is 4.74 Å². The average molecular weight is 545 g/mol. The van der Waals surface area contributed by atoms with Crippen LogP contribution in [0.25, 0.3) is 0 Å². The van der Waals surface area contributed by atoms with Crippen LogP contribution in [0.15, 0.2) is 54.6 Å². The average Bonchev–Trinajstić information content (AvgIpc) is 3.00. The Balaban J connectivity index is 0.00000342. The second kappa shape index (κ2) is 12.5. The molecule has 0 amide bonds. The van der Waals surface area contributed by atoms with Crippen LogP contribution < -0.4 is 17.0 Å². The molecule has 1 N–H and O–H groups in total. The number of carbonyl (C=O) groups excluding carboxylic acids is 1. The minimum atomic E-state index is -0.597. The van der Waals surface area contributed by atoms with E-state index < -0.39 is 5.92 Å². The standard InChI is InChI=1S/C30H42NO3.BrH/c1-4-22(5-2)17-23-11-13-24(14-12-23)20-31(3)26-15-16-27(31)19-28(18-26)34-30(33)29(21-32)25-9-7-6-8-10-25;/h6-14,22,26-29,32H,4-5,15-21H2,1-3H3;1H/q+1;/p-1/t26-,27+,28?,29?,31?;. The maximum absolute atomic E-state index is 12.9. The number of halogens is 1. The predicted octanol–water partition coefficient (Wildman–Crippen LogP) is 2.63. The summed E-state index contributed by atoms with van der Waals surface area (Å²) in [6, 6.07) is 19.8. The number of aliphatic hydroxyl groups is 1. The molecule has 0 aliphatic carbocycles. The first-order valence-electron chi connectivity index (χ1n) is 13.3. The third-order valence-electron chi connectivity index (χ3n) is 8.75. The van der Waals surface area contributed by atoms with Crippen molar-refractivity contribution in [2.75, 3.05) is 13.7 Å². The Morgan fingerprint density at radius 2 is 1.54 bits per heavy atom. The van der Waals surface area contributed by atoms with Gasteiger partial charge in [0.15, 0.2) is 0 Å². The van der Waals surface area contributed by atoms with Gasteiger partial charge >= 0.3 is 5.97 Å². The van der Waals surface area contributed by atoms with E-state index in [1.54, 1.807) is 0 Å². The SMILES string of the molecule is CCC(CC)Cc1ccc(C[N+]2(C)[C@@H]3CC[C@H]2CC(OC(=O)C(CO)c2ccccc2)C3)cc1.[Br-]. The summed E-state index contributed by atoms with van der Waals surface area (Å²) in [6.45, 7) is 5.40. The van der Waals surface area contributed by atoms with Gasteiger partial charge in [0.1, 0.15) is 18.6 Å². The number of hydrogen-bond donors (Lipinski definition) is 1. The molecule has 0 saturated carbocycles. The number of fused-ring (bicyclic) bond motifs is 2. The second-order valence-electron chi connectivity index (χ2n) is 10.8. The topological polar surface area (TPSA) is 46.5 Å². The Morgan fingerprint density at radius 1 is 0.971 bits per heavy atom. The van der Waals surface area contributed by atoms with E-state index in [2.05, 4.69) is 45.2 Å². The fourth-order valence-electron chi connectivity index (χ4n) is 6.38. The summed E-state index contributed by atoms with van der Waals surface area (Å²) in [6.07, 6.45) is 7.84. The number of esters is 1. The summed E-state index contributed by atoms with van der Waals surface area (Å²) in [5.74, 6) is -0.109. The number of benzene rings is 2. The van der Waals surface area contributed by atoms with Crippen LogP contribution in [0, 0.1) is 5.92 Å². The highest BCUT2D eigenvalue weighted by Crippen LogP contribution is 2.43. The predicted molar refractivity (Wildman–Crippen MR) is 136 cm³/mol. The van der Waals surface area contributed by atoms with Gasteiger partial charge in [-0.15, -0.1) is 0 Å². The van der Waals surface area contributed by atoms with E-state index in [1.807, 2.05) is 30.3 Å². The molecule has 2 heterocycles. The lowest BCUT2D eigenvalue weighted by atomic mass is 9.93. The minimum absolute atomic E-state index is 0. The number of hydrogen-bond acceptors (Lipinski definition) is 3. The molecule has 0 aromatic heterocycles. The van der Waals surface area contributed by atoms with Crippen molar-refractivity contribution in [1.82, 2.24) is 0 Å². The molecule has 4 rings (SSSR count). The van der Waals surface area contributed by atoms with Gasteiger partial charge in [-0.05, 0) is 23.5 Å². The molecule has 35 heavy (non-hydrogen) atoms. The van der Waals surface area contributed by atoms with Crippen LogP contribution in [0.1, 0.15) is 75.0 Å². The first-order valence-corrected chi connectivity index (χ1v) is 13.3. The van der Waals surface area contributed by atoms with Gasteiger partial charge in [0, 0.05) is 31.2 Å². The van der Waals surface area contributed by atoms with E-state index in [0.717, 1.165) is 35.4 Å². The molecule has 0 spiro atoms. The fourth-order valence-corrected chi connectivity index (χ4v) is 6.38. The highest BCUT2D eigenvalue weighted by molar-refractivity contribution is 5.78. The Bertz CT molecular complexity index is 914. The molecular weight excluding hydrogens is 502 g/mol. The number of aliphatic hydroxyl groups excluding tert-OH is 1. The number of rotatable bonds is 10. The Hall–Kier alpha value is -1.69. The first kappa shape index (κ1) is 27.9. The maximum atomic E-state index is 12.9. The molecule has 5 atom stereocenters. The van der Waals surface area contributed by atoms with Crippen LogP contribution in [-0.2, 0) is 22.5 Å². The maximum Gasteiger partial charge on any atom is 0.316 e. The molecule has 2 saturated heterocycles. The van der Waals surface area contributed by atoms with Crippen molar-refractivity contribution in [1.29, 1.82) is 0 Å². The van der Waals surface area contributed by atoms with Crippen molar-refractivity contribution in [2.24, 2.45) is 5.92 Å². The van der Waals surface area contributed by atoms with Crippen LogP contribution in [0.5, 0.6) is 0 Å². The second-order valence-corrected chi connectivity index (χ2v) is 10.8. The van der Waals surface area contributed by atoms with Crippen molar-refractivity contribution < 1.29 is 36.1 Å². The van der Waals surface area contributed by atoms with Crippen LogP contribution in [-0.4, -0.2) is 47.4 Å². The van der Waals surface area contributed by atoms with Gasteiger partial charge in [0.2, 0.25) is 0 Å². The van der Waals surface area contributed by atoms with E-state index in [9.17, 15) is 9.90 Å². The van der Waals surface area contributed by atoms with Gasteiger partial charge < -0.3 is 31.3 Å². The summed E-state index contributed by atoms with van der Waals surface area (Å²) in [5.41, 5.74) is 3.68. The first-order chi connectivity index (χ1) is 16.5. The number of ether oxygens (including phenoxy) is 1. The number of quaternary nitrogens is 1. The smallest absolute Gasteiger partial charge is 0.316 e. The van der Waals surface area contributed by atoms with Gasteiger partial charge in [0.25, 0.3) is 0 Å². The summed E-state index contributed by atoms with van der Waals surface area (Å²) >= 11 is 0. The lowest BCUT2D eigenvalue weighted by Crippen LogP contribution is -3.00. The molecule has 2 aromatic rings. The zero-order chi connectivity index (χ0) is 24.1. The van der Waals surface area contributed by atoms with Crippen molar-refractivity contribution >= 4 is 5.97 Å². The molecule has 192 valence electrons. The quantitative estimate of drug-likeness (QED) is 0.370. The van der Waals surface area contributed by atoms with E-state index >= 15 is 0 Å².